The molecule has 1 aliphatic heterocycles. The van der Waals surface area contributed by atoms with Crippen LogP contribution in [0.4, 0.5) is 5.82 Å². The van der Waals surface area contributed by atoms with Gasteiger partial charge in [0.05, 0.1) is 29.3 Å². The number of hydrogen-bond donors (Lipinski definition) is 2. The van der Waals surface area contributed by atoms with Gasteiger partial charge in [-0.15, -0.1) is 0 Å². The number of pyridine rings is 2. The molecule has 0 bridgehead atoms. The zero-order valence-electron chi connectivity index (χ0n) is 19.8. The van der Waals surface area contributed by atoms with Gasteiger partial charge in [-0.3, -0.25) is 9.88 Å². The van der Waals surface area contributed by atoms with Gasteiger partial charge in [-0.2, -0.15) is 0 Å². The van der Waals surface area contributed by atoms with Crippen molar-refractivity contribution < 1.29 is 0 Å². The van der Waals surface area contributed by atoms with E-state index >= 15 is 0 Å². The van der Waals surface area contributed by atoms with Gasteiger partial charge in [0, 0.05) is 55.1 Å². The van der Waals surface area contributed by atoms with Crippen molar-refractivity contribution in [1.82, 2.24) is 35.1 Å². The normalized spacial score (nSPS) is 15.3. The average Bonchev–Trinajstić information content (AvgIpc) is 3.26. The maximum Gasteiger partial charge on any atom is 0.163 e. The Balaban J connectivity index is 1.52. The summed E-state index contributed by atoms with van der Waals surface area (Å²) in [4.78, 5) is 26.9. The molecule has 2 N–H and O–H groups in total. The third kappa shape index (κ3) is 4.05. The van der Waals surface area contributed by atoms with Gasteiger partial charge in [-0.05, 0) is 37.7 Å². The third-order valence-electron chi connectivity index (χ3n) is 6.26. The first-order chi connectivity index (χ1) is 17.2. The Morgan fingerprint density at radius 3 is 2.74 bits per heavy atom. The fourth-order valence-electron chi connectivity index (χ4n) is 4.46. The molecule has 4 aromatic heterocycles. The molecule has 2 aliphatic rings. The van der Waals surface area contributed by atoms with E-state index in [9.17, 15) is 0 Å². The summed E-state index contributed by atoms with van der Waals surface area (Å²) in [6.45, 7) is 4.33. The molecule has 8 nitrogen and oxygen atoms in total. The number of aromatic amines is 1. The zero-order valence-corrected chi connectivity index (χ0v) is 19.8. The maximum absolute atomic E-state index is 5.16. The molecule has 0 saturated carbocycles. The van der Waals surface area contributed by atoms with E-state index in [1.54, 1.807) is 6.20 Å². The Labute approximate surface area is 203 Å². The third-order valence-corrected chi connectivity index (χ3v) is 6.26. The highest BCUT2D eigenvalue weighted by Gasteiger charge is 2.22. The summed E-state index contributed by atoms with van der Waals surface area (Å²) < 4.78 is 0. The largest absolute Gasteiger partial charge is 0.353 e. The van der Waals surface area contributed by atoms with E-state index in [4.69, 9.17) is 9.97 Å². The summed E-state index contributed by atoms with van der Waals surface area (Å²) in [7, 11) is 4.01. The maximum atomic E-state index is 5.16. The van der Waals surface area contributed by atoms with Gasteiger partial charge in [0.15, 0.2) is 5.82 Å². The number of hydrogen-bond acceptors (Lipinski definition) is 7. The first-order valence-corrected chi connectivity index (χ1v) is 11.8. The SMILES string of the molecule is CN(C)CC#Cc1cc2c(-c3nc(N4CCNCC4)c4c(C5=CC=C5)cncc4n3)ccnc2[nH]1. The first-order valence-electron chi connectivity index (χ1n) is 11.8. The fraction of sp³-hybridized carbons (Fsp3) is 0.259. The number of anilines is 1. The first kappa shape index (κ1) is 21.5. The van der Waals surface area contributed by atoms with Crippen LogP contribution in [0.2, 0.25) is 0 Å². The standard InChI is InChI=1S/C27H26N8/c1-34(2)12-4-7-19-15-21-20(8-9-30-25(21)31-19)26-32-23-17-29-16-22(18-5-3-6-18)24(23)27(33-26)35-13-10-28-11-14-35/h3,5-6,8-9,15-17,28H,10-14H2,1-2H3,(H,30,31). The summed E-state index contributed by atoms with van der Waals surface area (Å²) in [5, 5.41) is 5.45. The minimum absolute atomic E-state index is 0.669. The topological polar surface area (TPSA) is 85.9 Å². The Bertz CT molecular complexity index is 1540. The van der Waals surface area contributed by atoms with Crippen LogP contribution in [0.15, 0.2) is 49.0 Å². The molecule has 174 valence electrons. The molecular weight excluding hydrogens is 436 g/mol. The van der Waals surface area contributed by atoms with Gasteiger partial charge < -0.3 is 15.2 Å². The van der Waals surface area contributed by atoms with Crippen LogP contribution >= 0.6 is 0 Å². The minimum Gasteiger partial charge on any atom is -0.353 e. The van der Waals surface area contributed by atoms with E-state index < -0.39 is 0 Å². The highest BCUT2D eigenvalue weighted by molar-refractivity contribution is 6.03. The number of piperazine rings is 1. The number of H-pyrrole nitrogens is 1. The lowest BCUT2D eigenvalue weighted by Crippen LogP contribution is -2.44. The molecule has 0 amide bonds. The molecule has 1 fully saturated rings. The Kier molecular flexibility index (Phi) is 5.49. The van der Waals surface area contributed by atoms with Crippen molar-refractivity contribution in [3.05, 3.63) is 60.2 Å². The summed E-state index contributed by atoms with van der Waals surface area (Å²) >= 11 is 0. The Hall–Kier alpha value is -4.06. The highest BCUT2D eigenvalue weighted by atomic mass is 15.2. The quantitative estimate of drug-likeness (QED) is 0.451. The predicted molar refractivity (Wildman–Crippen MR) is 140 cm³/mol. The van der Waals surface area contributed by atoms with Gasteiger partial charge in [-0.1, -0.05) is 24.1 Å². The summed E-state index contributed by atoms with van der Waals surface area (Å²) in [5.74, 6) is 8.01. The fourth-order valence-corrected chi connectivity index (χ4v) is 4.46. The smallest absolute Gasteiger partial charge is 0.163 e. The Morgan fingerprint density at radius 2 is 1.97 bits per heavy atom. The molecule has 0 atom stereocenters. The number of nitrogens with zero attached hydrogens (tertiary/aromatic N) is 6. The average molecular weight is 463 g/mol. The van der Waals surface area contributed by atoms with Gasteiger partial charge in [-0.25, -0.2) is 15.0 Å². The van der Waals surface area contributed by atoms with Crippen molar-refractivity contribution >= 4 is 33.3 Å². The van der Waals surface area contributed by atoms with Crippen molar-refractivity contribution in [2.75, 3.05) is 51.7 Å². The molecule has 1 aliphatic carbocycles. The lowest BCUT2D eigenvalue weighted by molar-refractivity contribution is 0.464. The molecule has 1 saturated heterocycles. The molecular formula is C27H26N8. The van der Waals surface area contributed by atoms with E-state index in [0.717, 1.165) is 76.3 Å². The molecule has 0 radical (unpaired) electrons. The van der Waals surface area contributed by atoms with Gasteiger partial charge >= 0.3 is 0 Å². The second-order valence-corrected chi connectivity index (χ2v) is 9.01. The van der Waals surface area contributed by atoms with Gasteiger partial charge in [0.25, 0.3) is 0 Å². The molecule has 35 heavy (non-hydrogen) atoms. The van der Waals surface area contributed by atoms with Crippen LogP contribution in [0.3, 0.4) is 0 Å². The predicted octanol–water partition coefficient (Wildman–Crippen LogP) is 2.84. The van der Waals surface area contributed by atoms with E-state index in [1.165, 1.54) is 0 Å². The molecule has 5 heterocycles. The summed E-state index contributed by atoms with van der Waals surface area (Å²) in [6.07, 6.45) is 11.8. The van der Waals surface area contributed by atoms with Crippen molar-refractivity contribution in [2.24, 2.45) is 0 Å². The lowest BCUT2D eigenvalue weighted by Gasteiger charge is -2.30. The van der Waals surface area contributed by atoms with Gasteiger partial charge in [0.2, 0.25) is 0 Å². The van der Waals surface area contributed by atoms with Crippen LogP contribution in [0, 0.1) is 11.8 Å². The summed E-state index contributed by atoms with van der Waals surface area (Å²) in [6, 6.07) is 4.02. The minimum atomic E-state index is 0.669. The summed E-state index contributed by atoms with van der Waals surface area (Å²) in [5.41, 5.74) is 5.61. The van der Waals surface area contributed by atoms with Crippen LogP contribution < -0.4 is 10.2 Å². The van der Waals surface area contributed by atoms with Crippen LogP contribution in [0.1, 0.15) is 11.3 Å². The van der Waals surface area contributed by atoms with Crippen LogP contribution in [0.25, 0.3) is 38.9 Å². The van der Waals surface area contributed by atoms with Crippen molar-refractivity contribution in [1.29, 1.82) is 0 Å². The van der Waals surface area contributed by atoms with Crippen LogP contribution in [-0.2, 0) is 0 Å². The molecule has 8 heteroatoms. The molecule has 4 aromatic rings. The molecule has 0 spiro atoms. The number of fused-ring (bicyclic) bond motifs is 2. The van der Waals surface area contributed by atoms with Crippen molar-refractivity contribution in [3.63, 3.8) is 0 Å². The second kappa shape index (κ2) is 8.95. The molecule has 0 aromatic carbocycles. The van der Waals surface area contributed by atoms with Crippen molar-refractivity contribution in [2.45, 2.75) is 0 Å². The monoisotopic (exact) mass is 462 g/mol. The number of rotatable bonds is 4. The van der Waals surface area contributed by atoms with Crippen LogP contribution in [0.5, 0.6) is 0 Å². The van der Waals surface area contributed by atoms with Crippen LogP contribution in [-0.4, -0.2) is 76.6 Å². The van der Waals surface area contributed by atoms with Gasteiger partial charge in [0.1, 0.15) is 11.5 Å². The number of aromatic nitrogens is 5. The molecule has 0 unspecified atom stereocenters. The number of allylic oxidation sites excluding steroid dienone is 4. The number of nitrogens with one attached hydrogen (secondary N) is 2. The van der Waals surface area contributed by atoms with Crippen molar-refractivity contribution in [3.8, 4) is 23.2 Å². The Morgan fingerprint density at radius 1 is 1.11 bits per heavy atom. The van der Waals surface area contributed by atoms with E-state index in [1.807, 2.05) is 49.6 Å². The zero-order chi connectivity index (χ0) is 23.8. The molecule has 6 rings (SSSR count). The van der Waals surface area contributed by atoms with E-state index in [0.29, 0.717) is 12.4 Å². The highest BCUT2D eigenvalue weighted by Crippen LogP contribution is 2.36. The lowest BCUT2D eigenvalue weighted by atomic mass is 9.97. The second-order valence-electron chi connectivity index (χ2n) is 9.01. The van der Waals surface area contributed by atoms with E-state index in [-0.39, 0.29) is 0 Å². The van der Waals surface area contributed by atoms with E-state index in [2.05, 4.69) is 49.2 Å².